The summed E-state index contributed by atoms with van der Waals surface area (Å²) >= 11 is 0. The van der Waals surface area contributed by atoms with E-state index in [0.717, 1.165) is 36.6 Å². The van der Waals surface area contributed by atoms with Gasteiger partial charge in [-0.15, -0.1) is 0 Å². The van der Waals surface area contributed by atoms with Gasteiger partial charge >= 0.3 is 0 Å². The Morgan fingerprint density at radius 2 is 1.68 bits per heavy atom. The van der Waals surface area contributed by atoms with Crippen LogP contribution in [0.3, 0.4) is 0 Å². The van der Waals surface area contributed by atoms with E-state index in [1.165, 1.54) is 0 Å². The molecule has 2 N–H and O–H groups in total. The van der Waals surface area contributed by atoms with Gasteiger partial charge in [-0.25, -0.2) is 5.43 Å². The van der Waals surface area contributed by atoms with E-state index >= 15 is 0 Å². The molecule has 0 aliphatic rings. The molecule has 2 rings (SSSR count). The highest BCUT2D eigenvalue weighted by Crippen LogP contribution is 2.18. The van der Waals surface area contributed by atoms with E-state index in [2.05, 4.69) is 35.9 Å². The number of ether oxygens (including phenoxy) is 1. The van der Waals surface area contributed by atoms with Crippen molar-refractivity contribution < 1.29 is 4.74 Å². The van der Waals surface area contributed by atoms with Gasteiger partial charge in [-0.05, 0) is 38.7 Å². The van der Waals surface area contributed by atoms with Crippen LogP contribution in [0.2, 0.25) is 0 Å². The van der Waals surface area contributed by atoms with Crippen LogP contribution in [0, 0.1) is 0 Å². The number of rotatable bonds is 9. The van der Waals surface area contributed by atoms with Crippen molar-refractivity contribution in [2.45, 2.75) is 13.0 Å². The van der Waals surface area contributed by atoms with Gasteiger partial charge in [0.15, 0.2) is 0 Å². The standard InChI is InChI=1S/C18H25N3O/c1-21(2)13-8-14-22-18-12-7-6-9-16(18)15-19-20-17-10-4-3-5-11-17/h3-7,9-12,19-20H,8,13-15H2,1-2H3. The molecule has 2 aromatic rings. The van der Waals surface area contributed by atoms with Crippen LogP contribution >= 0.6 is 0 Å². The molecule has 0 aliphatic heterocycles. The van der Waals surface area contributed by atoms with Gasteiger partial charge in [0.25, 0.3) is 0 Å². The first-order valence-corrected chi connectivity index (χ1v) is 7.65. The molecule has 2 aromatic carbocycles. The minimum atomic E-state index is 0.707. The lowest BCUT2D eigenvalue weighted by Gasteiger charge is -2.14. The number of nitrogens with zero attached hydrogens (tertiary/aromatic N) is 1. The molecule has 0 saturated heterocycles. The zero-order chi connectivity index (χ0) is 15.6. The van der Waals surface area contributed by atoms with Crippen LogP contribution < -0.4 is 15.6 Å². The Labute approximate surface area is 133 Å². The van der Waals surface area contributed by atoms with Crippen LogP contribution in [0.15, 0.2) is 54.6 Å². The largest absolute Gasteiger partial charge is 0.493 e. The fourth-order valence-corrected chi connectivity index (χ4v) is 2.12. The number of anilines is 1. The summed E-state index contributed by atoms with van der Waals surface area (Å²) < 4.78 is 5.90. The third-order valence-corrected chi connectivity index (χ3v) is 3.27. The first kappa shape index (κ1) is 16.3. The summed E-state index contributed by atoms with van der Waals surface area (Å²) in [6, 6.07) is 18.2. The third-order valence-electron chi connectivity index (χ3n) is 3.27. The van der Waals surface area contributed by atoms with Crippen molar-refractivity contribution in [1.29, 1.82) is 0 Å². The van der Waals surface area contributed by atoms with Crippen molar-refractivity contribution in [2.75, 3.05) is 32.7 Å². The molecule has 0 saturated carbocycles. The predicted molar refractivity (Wildman–Crippen MR) is 92.0 cm³/mol. The maximum atomic E-state index is 5.90. The average molecular weight is 299 g/mol. The summed E-state index contributed by atoms with van der Waals surface area (Å²) in [7, 11) is 4.15. The number of nitrogens with one attached hydrogen (secondary N) is 2. The summed E-state index contributed by atoms with van der Waals surface area (Å²) in [6.45, 7) is 2.48. The van der Waals surface area contributed by atoms with Gasteiger partial charge in [-0.2, -0.15) is 0 Å². The number of para-hydroxylation sites is 2. The molecular weight excluding hydrogens is 274 g/mol. The second-order valence-corrected chi connectivity index (χ2v) is 5.46. The highest BCUT2D eigenvalue weighted by Gasteiger charge is 2.02. The van der Waals surface area contributed by atoms with Gasteiger partial charge in [0.2, 0.25) is 0 Å². The van der Waals surface area contributed by atoms with Crippen molar-refractivity contribution in [3.63, 3.8) is 0 Å². The lowest BCUT2D eigenvalue weighted by Crippen LogP contribution is -2.21. The quantitative estimate of drug-likeness (QED) is 0.551. The first-order valence-electron chi connectivity index (χ1n) is 7.65. The van der Waals surface area contributed by atoms with Crippen molar-refractivity contribution in [3.05, 3.63) is 60.2 Å². The maximum absolute atomic E-state index is 5.90. The van der Waals surface area contributed by atoms with Crippen LogP contribution in [-0.4, -0.2) is 32.1 Å². The molecule has 22 heavy (non-hydrogen) atoms. The monoisotopic (exact) mass is 299 g/mol. The SMILES string of the molecule is CN(C)CCCOc1ccccc1CNNc1ccccc1. The highest BCUT2D eigenvalue weighted by molar-refractivity contribution is 5.41. The molecule has 0 atom stereocenters. The Morgan fingerprint density at radius 1 is 0.955 bits per heavy atom. The molecule has 0 unspecified atom stereocenters. The Morgan fingerprint density at radius 3 is 2.45 bits per heavy atom. The fraction of sp³-hybridized carbons (Fsp3) is 0.333. The molecule has 4 nitrogen and oxygen atoms in total. The van der Waals surface area contributed by atoms with Gasteiger partial charge in [0, 0.05) is 24.3 Å². The molecule has 0 aromatic heterocycles. The molecule has 0 aliphatic carbocycles. The van der Waals surface area contributed by atoms with Crippen LogP contribution in [0.4, 0.5) is 5.69 Å². The first-order chi connectivity index (χ1) is 10.8. The van der Waals surface area contributed by atoms with E-state index in [9.17, 15) is 0 Å². The highest BCUT2D eigenvalue weighted by atomic mass is 16.5. The summed E-state index contributed by atoms with van der Waals surface area (Å²) in [5.41, 5.74) is 8.62. The number of hydrazine groups is 1. The molecule has 0 spiro atoms. The minimum Gasteiger partial charge on any atom is -0.493 e. The zero-order valence-electron chi connectivity index (χ0n) is 13.4. The topological polar surface area (TPSA) is 36.5 Å². The van der Waals surface area contributed by atoms with E-state index in [4.69, 9.17) is 4.74 Å². The predicted octanol–water partition coefficient (Wildman–Crippen LogP) is 3.13. The minimum absolute atomic E-state index is 0.707. The van der Waals surface area contributed by atoms with Gasteiger partial charge in [-0.3, -0.25) is 0 Å². The lowest BCUT2D eigenvalue weighted by molar-refractivity contribution is 0.279. The molecule has 4 heteroatoms. The molecular formula is C18H25N3O. The van der Waals surface area contributed by atoms with Gasteiger partial charge < -0.3 is 15.1 Å². The van der Waals surface area contributed by atoms with Crippen molar-refractivity contribution in [3.8, 4) is 5.75 Å². The molecule has 0 amide bonds. The summed E-state index contributed by atoms with van der Waals surface area (Å²) in [5, 5.41) is 0. The van der Waals surface area contributed by atoms with Gasteiger partial charge in [0.05, 0.1) is 6.61 Å². The Balaban J connectivity index is 1.80. The van der Waals surface area contributed by atoms with E-state index in [0.29, 0.717) is 6.54 Å². The van der Waals surface area contributed by atoms with Crippen molar-refractivity contribution >= 4 is 5.69 Å². The van der Waals surface area contributed by atoms with E-state index < -0.39 is 0 Å². The van der Waals surface area contributed by atoms with Gasteiger partial charge in [0.1, 0.15) is 5.75 Å². The van der Waals surface area contributed by atoms with Crippen molar-refractivity contribution in [1.82, 2.24) is 10.3 Å². The van der Waals surface area contributed by atoms with E-state index in [1.807, 2.05) is 48.5 Å². The molecule has 118 valence electrons. The fourth-order valence-electron chi connectivity index (χ4n) is 2.12. The Bertz CT molecular complexity index is 543. The van der Waals surface area contributed by atoms with Gasteiger partial charge in [-0.1, -0.05) is 36.4 Å². The van der Waals surface area contributed by atoms with E-state index in [1.54, 1.807) is 0 Å². The molecule has 0 fully saturated rings. The number of hydrogen-bond donors (Lipinski definition) is 2. The zero-order valence-corrected chi connectivity index (χ0v) is 13.4. The Kier molecular flexibility index (Phi) is 6.74. The Hall–Kier alpha value is -2.04. The second-order valence-electron chi connectivity index (χ2n) is 5.46. The summed E-state index contributed by atoms with van der Waals surface area (Å²) in [6.07, 6.45) is 1.02. The van der Waals surface area contributed by atoms with Crippen LogP contribution in [0.5, 0.6) is 5.75 Å². The smallest absolute Gasteiger partial charge is 0.123 e. The summed E-state index contributed by atoms with van der Waals surface area (Å²) in [5.74, 6) is 0.948. The normalized spacial score (nSPS) is 10.7. The van der Waals surface area contributed by atoms with Crippen molar-refractivity contribution in [2.24, 2.45) is 0 Å². The lowest BCUT2D eigenvalue weighted by atomic mass is 10.2. The molecule has 0 radical (unpaired) electrons. The van der Waals surface area contributed by atoms with Crippen LogP contribution in [0.25, 0.3) is 0 Å². The number of hydrogen-bond acceptors (Lipinski definition) is 4. The second kappa shape index (κ2) is 9.07. The number of benzene rings is 2. The third kappa shape index (κ3) is 5.76. The average Bonchev–Trinajstić information content (AvgIpc) is 2.54. The molecule has 0 bridgehead atoms. The summed E-state index contributed by atoms with van der Waals surface area (Å²) in [4.78, 5) is 2.17. The van der Waals surface area contributed by atoms with Crippen LogP contribution in [-0.2, 0) is 6.54 Å². The maximum Gasteiger partial charge on any atom is 0.123 e. The van der Waals surface area contributed by atoms with Crippen LogP contribution in [0.1, 0.15) is 12.0 Å². The molecule has 0 heterocycles. The van der Waals surface area contributed by atoms with E-state index in [-0.39, 0.29) is 0 Å².